The Morgan fingerprint density at radius 2 is 1.70 bits per heavy atom. The van der Waals surface area contributed by atoms with Gasteiger partial charge in [-0.2, -0.15) is 0 Å². The number of likely N-dealkylation sites (tertiary alicyclic amines) is 1. The fourth-order valence-electron chi connectivity index (χ4n) is 4.14. The molecule has 0 spiro atoms. The van der Waals surface area contributed by atoms with Crippen LogP contribution in [0.5, 0.6) is 0 Å². The summed E-state index contributed by atoms with van der Waals surface area (Å²) in [5, 5.41) is 6.24. The molecule has 27 heavy (non-hydrogen) atoms. The molecule has 1 saturated heterocycles. The zero-order chi connectivity index (χ0) is 19.2. The number of nitrogens with zero attached hydrogens (tertiary/aromatic N) is 1. The maximum absolute atomic E-state index is 12.5. The second kappa shape index (κ2) is 9.36. The number of rotatable bonds is 5. The first-order chi connectivity index (χ1) is 13.0. The molecule has 1 saturated carbocycles. The molecule has 0 radical (unpaired) electrons. The van der Waals surface area contributed by atoms with Crippen LogP contribution in [-0.2, 0) is 9.59 Å². The number of piperidine rings is 1. The van der Waals surface area contributed by atoms with Crippen LogP contribution in [-0.4, -0.2) is 42.4 Å². The van der Waals surface area contributed by atoms with Crippen LogP contribution in [0.25, 0.3) is 0 Å². The summed E-state index contributed by atoms with van der Waals surface area (Å²) in [6.45, 7) is 6.12. The number of nitrogens with one attached hydrogen (secondary N) is 2. The van der Waals surface area contributed by atoms with Gasteiger partial charge in [0.25, 0.3) is 0 Å². The molecule has 2 fully saturated rings. The van der Waals surface area contributed by atoms with Crippen LogP contribution >= 0.6 is 0 Å². The Hall–Kier alpha value is -1.88. The lowest BCUT2D eigenvalue weighted by Crippen LogP contribution is -2.45. The fourth-order valence-corrected chi connectivity index (χ4v) is 4.14. The molecule has 5 heteroatoms. The molecule has 2 N–H and O–H groups in total. The van der Waals surface area contributed by atoms with Gasteiger partial charge < -0.3 is 10.6 Å². The van der Waals surface area contributed by atoms with Crippen LogP contribution in [0.4, 0.5) is 5.69 Å². The summed E-state index contributed by atoms with van der Waals surface area (Å²) in [4.78, 5) is 27.0. The quantitative estimate of drug-likeness (QED) is 0.834. The highest BCUT2D eigenvalue weighted by molar-refractivity contribution is 5.92. The van der Waals surface area contributed by atoms with Gasteiger partial charge in [-0.3, -0.25) is 14.5 Å². The summed E-state index contributed by atoms with van der Waals surface area (Å²) in [6.07, 6.45) is 7.71. The van der Waals surface area contributed by atoms with Gasteiger partial charge in [0.1, 0.15) is 0 Å². The first-order valence-corrected chi connectivity index (χ1v) is 10.4. The third-order valence-electron chi connectivity index (χ3n) is 6.07. The minimum atomic E-state index is 0.0170. The monoisotopic (exact) mass is 371 g/mol. The van der Waals surface area contributed by atoms with Gasteiger partial charge in [-0.15, -0.1) is 0 Å². The number of aryl methyl sites for hydroxylation is 2. The number of benzene rings is 1. The highest BCUT2D eigenvalue weighted by atomic mass is 16.2. The average Bonchev–Trinajstić information content (AvgIpc) is 2.66. The van der Waals surface area contributed by atoms with Crippen molar-refractivity contribution in [1.29, 1.82) is 0 Å². The number of carbonyl (C=O) groups is 2. The van der Waals surface area contributed by atoms with E-state index >= 15 is 0 Å². The molecule has 5 nitrogen and oxygen atoms in total. The average molecular weight is 372 g/mol. The molecular formula is C22H33N3O2. The predicted octanol–water partition coefficient (Wildman–Crippen LogP) is 3.40. The standard InChI is InChI=1S/C22H33N3O2/c1-16-8-9-20(14-17(16)2)23-21(26)15-25-12-10-18(11-13-25)22(27)24-19-6-4-3-5-7-19/h8-9,14,18-19H,3-7,10-13,15H2,1-2H3,(H,23,26)(H,24,27). The van der Waals surface area contributed by atoms with E-state index in [-0.39, 0.29) is 17.7 Å². The van der Waals surface area contributed by atoms with Gasteiger partial charge in [0.15, 0.2) is 0 Å². The van der Waals surface area contributed by atoms with E-state index < -0.39 is 0 Å². The lowest BCUT2D eigenvalue weighted by Gasteiger charge is -2.32. The maximum atomic E-state index is 12.5. The smallest absolute Gasteiger partial charge is 0.238 e. The third-order valence-corrected chi connectivity index (χ3v) is 6.07. The van der Waals surface area contributed by atoms with Crippen molar-refractivity contribution in [2.45, 2.75) is 64.8 Å². The molecule has 1 heterocycles. The molecule has 1 aromatic rings. The Morgan fingerprint density at radius 3 is 2.37 bits per heavy atom. The highest BCUT2D eigenvalue weighted by Gasteiger charge is 2.27. The van der Waals surface area contributed by atoms with Gasteiger partial charge in [0.2, 0.25) is 11.8 Å². The van der Waals surface area contributed by atoms with E-state index in [9.17, 15) is 9.59 Å². The molecule has 0 unspecified atom stereocenters. The highest BCUT2D eigenvalue weighted by Crippen LogP contribution is 2.21. The van der Waals surface area contributed by atoms with E-state index in [2.05, 4.69) is 22.5 Å². The van der Waals surface area contributed by atoms with E-state index in [1.54, 1.807) is 0 Å². The van der Waals surface area contributed by atoms with Gasteiger partial charge in [0, 0.05) is 17.6 Å². The van der Waals surface area contributed by atoms with Crippen molar-refractivity contribution in [2.24, 2.45) is 5.92 Å². The molecule has 0 aromatic heterocycles. The third kappa shape index (κ3) is 5.80. The SMILES string of the molecule is Cc1ccc(NC(=O)CN2CCC(C(=O)NC3CCCCC3)CC2)cc1C. The summed E-state index contributed by atoms with van der Waals surface area (Å²) >= 11 is 0. The molecule has 0 atom stereocenters. The topological polar surface area (TPSA) is 61.4 Å². The van der Waals surface area contributed by atoms with Crippen molar-refractivity contribution in [3.63, 3.8) is 0 Å². The molecule has 2 amide bonds. The van der Waals surface area contributed by atoms with Crippen LogP contribution in [0.1, 0.15) is 56.1 Å². The molecule has 148 valence electrons. The van der Waals surface area contributed by atoms with E-state index in [0.717, 1.165) is 44.5 Å². The Morgan fingerprint density at radius 1 is 1.00 bits per heavy atom. The Bertz CT molecular complexity index is 660. The molecule has 3 rings (SSSR count). The van der Waals surface area contributed by atoms with Crippen LogP contribution < -0.4 is 10.6 Å². The van der Waals surface area contributed by atoms with Crippen LogP contribution in [0.3, 0.4) is 0 Å². The number of anilines is 1. The Kier molecular flexibility index (Phi) is 6.89. The minimum Gasteiger partial charge on any atom is -0.353 e. The number of carbonyl (C=O) groups excluding carboxylic acids is 2. The Balaban J connectivity index is 1.40. The van der Waals surface area contributed by atoms with Crippen LogP contribution in [0.15, 0.2) is 18.2 Å². The normalized spacial score (nSPS) is 19.6. The Labute approximate surface area is 162 Å². The summed E-state index contributed by atoms with van der Waals surface area (Å²) in [6, 6.07) is 6.37. The molecule has 1 aliphatic heterocycles. The van der Waals surface area contributed by atoms with E-state index in [1.165, 1.54) is 30.4 Å². The molecule has 1 aromatic carbocycles. The van der Waals surface area contributed by atoms with Crippen LogP contribution in [0.2, 0.25) is 0 Å². The number of hydrogen-bond donors (Lipinski definition) is 2. The lowest BCUT2D eigenvalue weighted by atomic mass is 9.92. The van der Waals surface area contributed by atoms with Crippen molar-refractivity contribution >= 4 is 17.5 Å². The van der Waals surface area contributed by atoms with Crippen molar-refractivity contribution in [2.75, 3.05) is 25.0 Å². The summed E-state index contributed by atoms with van der Waals surface area (Å²) in [7, 11) is 0. The van der Waals surface area contributed by atoms with Gasteiger partial charge in [-0.05, 0) is 75.9 Å². The second-order valence-electron chi connectivity index (χ2n) is 8.24. The van der Waals surface area contributed by atoms with Gasteiger partial charge in [0.05, 0.1) is 6.54 Å². The fraction of sp³-hybridized carbons (Fsp3) is 0.636. The minimum absolute atomic E-state index is 0.0170. The zero-order valence-corrected chi connectivity index (χ0v) is 16.7. The lowest BCUT2D eigenvalue weighted by molar-refractivity contribution is -0.127. The van der Waals surface area contributed by atoms with E-state index in [4.69, 9.17) is 0 Å². The first-order valence-electron chi connectivity index (χ1n) is 10.4. The zero-order valence-electron chi connectivity index (χ0n) is 16.7. The summed E-state index contributed by atoms with van der Waals surface area (Å²) < 4.78 is 0. The van der Waals surface area contributed by atoms with Crippen molar-refractivity contribution in [3.05, 3.63) is 29.3 Å². The molecular weight excluding hydrogens is 338 g/mol. The molecule has 1 aliphatic carbocycles. The second-order valence-corrected chi connectivity index (χ2v) is 8.24. The number of hydrogen-bond acceptors (Lipinski definition) is 3. The molecule has 2 aliphatic rings. The van der Waals surface area contributed by atoms with E-state index in [1.807, 2.05) is 25.1 Å². The summed E-state index contributed by atoms with van der Waals surface area (Å²) in [5.74, 6) is 0.343. The molecule has 0 bridgehead atoms. The predicted molar refractivity (Wildman–Crippen MR) is 109 cm³/mol. The van der Waals surface area contributed by atoms with Crippen molar-refractivity contribution in [1.82, 2.24) is 10.2 Å². The van der Waals surface area contributed by atoms with Gasteiger partial charge in [-0.25, -0.2) is 0 Å². The van der Waals surface area contributed by atoms with Crippen LogP contribution in [0, 0.1) is 19.8 Å². The van der Waals surface area contributed by atoms with Gasteiger partial charge >= 0.3 is 0 Å². The number of amides is 2. The largest absolute Gasteiger partial charge is 0.353 e. The maximum Gasteiger partial charge on any atom is 0.238 e. The van der Waals surface area contributed by atoms with Crippen molar-refractivity contribution < 1.29 is 9.59 Å². The summed E-state index contributed by atoms with van der Waals surface area (Å²) in [5.41, 5.74) is 3.25. The van der Waals surface area contributed by atoms with Crippen molar-refractivity contribution in [3.8, 4) is 0 Å². The van der Waals surface area contributed by atoms with E-state index in [0.29, 0.717) is 12.6 Å². The first kappa shape index (κ1) is 19.9. The van der Waals surface area contributed by atoms with Gasteiger partial charge in [-0.1, -0.05) is 25.3 Å².